The third-order valence-corrected chi connectivity index (χ3v) is 10.1. The molecule has 9 aromatic rings. The molecular formula is C42H28N4. The minimum Gasteiger partial charge on any atom is -0.278 e. The van der Waals surface area contributed by atoms with E-state index in [2.05, 4.69) is 156 Å². The van der Waals surface area contributed by atoms with Crippen LogP contribution in [-0.4, -0.2) is 19.5 Å². The van der Waals surface area contributed by atoms with Crippen LogP contribution in [0, 0.1) is 0 Å². The van der Waals surface area contributed by atoms with Crippen LogP contribution in [0.1, 0.15) is 25.0 Å². The van der Waals surface area contributed by atoms with Gasteiger partial charge < -0.3 is 0 Å². The molecule has 2 heterocycles. The number of nitrogens with zero attached hydrogens (tertiary/aromatic N) is 4. The Hall–Kier alpha value is -5.87. The van der Waals surface area contributed by atoms with E-state index < -0.39 is 0 Å². The van der Waals surface area contributed by atoms with Gasteiger partial charge in [-0.05, 0) is 84.9 Å². The maximum atomic E-state index is 5.07. The second kappa shape index (κ2) is 9.09. The van der Waals surface area contributed by atoms with Crippen LogP contribution < -0.4 is 0 Å². The highest BCUT2D eigenvalue weighted by molar-refractivity contribution is 6.26. The van der Waals surface area contributed by atoms with Crippen molar-refractivity contribution in [2.45, 2.75) is 19.3 Å². The van der Waals surface area contributed by atoms with Gasteiger partial charge in [-0.2, -0.15) is 4.98 Å². The highest BCUT2D eigenvalue weighted by atomic mass is 15.2. The highest BCUT2D eigenvalue weighted by Gasteiger charge is 2.36. The fraction of sp³-hybridized carbons (Fsp3) is 0.0714. The molecule has 10 rings (SSSR count). The minimum absolute atomic E-state index is 0.142. The molecule has 0 N–H and O–H groups in total. The van der Waals surface area contributed by atoms with Gasteiger partial charge in [0.25, 0.3) is 0 Å². The first-order valence-corrected chi connectivity index (χ1v) is 15.8. The van der Waals surface area contributed by atoms with E-state index in [0.29, 0.717) is 11.8 Å². The minimum atomic E-state index is -0.142. The highest BCUT2D eigenvalue weighted by Crippen LogP contribution is 2.52. The molecule has 0 amide bonds. The molecule has 0 saturated heterocycles. The molecule has 0 bridgehead atoms. The first kappa shape index (κ1) is 25.5. The fourth-order valence-electron chi connectivity index (χ4n) is 7.96. The zero-order valence-corrected chi connectivity index (χ0v) is 25.5. The SMILES string of the molecule is CC1(C)c2ccc(-c3ncnc(-n4c5ccccc5c5ccccc54)n3)cc2-c2cc3c4ccccc4c4ccccc4c3cc21. The summed E-state index contributed by atoms with van der Waals surface area (Å²) in [6, 6.07) is 46.1. The monoisotopic (exact) mass is 588 g/mol. The van der Waals surface area contributed by atoms with Gasteiger partial charge in [-0.25, -0.2) is 9.97 Å². The molecule has 0 saturated carbocycles. The van der Waals surface area contributed by atoms with E-state index in [9.17, 15) is 0 Å². The molecule has 0 aliphatic heterocycles. The van der Waals surface area contributed by atoms with Crippen molar-refractivity contribution in [1.29, 1.82) is 0 Å². The van der Waals surface area contributed by atoms with Crippen molar-refractivity contribution in [3.63, 3.8) is 0 Å². The topological polar surface area (TPSA) is 43.6 Å². The Morgan fingerprint density at radius 1 is 0.478 bits per heavy atom. The van der Waals surface area contributed by atoms with Crippen molar-refractivity contribution in [3.05, 3.63) is 145 Å². The van der Waals surface area contributed by atoms with Gasteiger partial charge in [0, 0.05) is 21.8 Å². The normalized spacial score (nSPS) is 13.6. The molecular weight excluding hydrogens is 560 g/mol. The van der Waals surface area contributed by atoms with Crippen LogP contribution in [0.3, 0.4) is 0 Å². The Kier molecular flexibility index (Phi) is 5.03. The molecule has 2 aromatic heterocycles. The standard InChI is InChI=1S/C42H28N4/c1-42(2)36-20-19-25(40-43-24-44-41(45-40)46-38-17-9-7-15-30(38)31-16-8-10-18-39(31)46)21-34(36)35-22-32-28-13-5-3-11-26(28)27-12-4-6-14-29(27)33(32)23-37(35)42/h3-24H,1-2H3. The van der Waals surface area contributed by atoms with Crippen LogP contribution in [0.5, 0.6) is 0 Å². The number of fused-ring (bicyclic) bond motifs is 12. The second-order valence-electron chi connectivity index (χ2n) is 12.9. The fourth-order valence-corrected chi connectivity index (χ4v) is 7.96. The molecule has 0 atom stereocenters. The largest absolute Gasteiger partial charge is 0.278 e. The average Bonchev–Trinajstić information content (AvgIpc) is 3.56. The maximum absolute atomic E-state index is 5.07. The Bertz CT molecular complexity index is 2680. The molecule has 46 heavy (non-hydrogen) atoms. The van der Waals surface area contributed by atoms with Crippen molar-refractivity contribution in [3.8, 4) is 28.5 Å². The van der Waals surface area contributed by atoms with Gasteiger partial charge in [-0.3, -0.25) is 4.57 Å². The molecule has 7 aromatic carbocycles. The van der Waals surface area contributed by atoms with Crippen LogP contribution in [0.4, 0.5) is 0 Å². The van der Waals surface area contributed by atoms with Crippen molar-refractivity contribution in [2.75, 3.05) is 0 Å². The third-order valence-electron chi connectivity index (χ3n) is 10.1. The summed E-state index contributed by atoms with van der Waals surface area (Å²) < 4.78 is 2.14. The van der Waals surface area contributed by atoms with E-state index in [1.165, 1.54) is 65.3 Å². The number of hydrogen-bond acceptors (Lipinski definition) is 3. The van der Waals surface area contributed by atoms with E-state index in [4.69, 9.17) is 4.98 Å². The summed E-state index contributed by atoms with van der Waals surface area (Å²) in [5.74, 6) is 1.28. The lowest BCUT2D eigenvalue weighted by molar-refractivity contribution is 0.661. The van der Waals surface area contributed by atoms with Gasteiger partial charge in [0.2, 0.25) is 5.95 Å². The molecule has 0 fully saturated rings. The molecule has 0 radical (unpaired) electrons. The number of aromatic nitrogens is 4. The molecule has 4 heteroatoms. The third kappa shape index (κ3) is 3.36. The predicted molar refractivity (Wildman–Crippen MR) is 190 cm³/mol. The molecule has 1 aliphatic carbocycles. The van der Waals surface area contributed by atoms with Crippen LogP contribution in [0.2, 0.25) is 0 Å². The zero-order valence-electron chi connectivity index (χ0n) is 25.5. The van der Waals surface area contributed by atoms with Gasteiger partial charge in [-0.15, -0.1) is 0 Å². The smallest absolute Gasteiger partial charge is 0.238 e. The maximum Gasteiger partial charge on any atom is 0.238 e. The van der Waals surface area contributed by atoms with Crippen LogP contribution >= 0.6 is 0 Å². The lowest BCUT2D eigenvalue weighted by Gasteiger charge is -2.22. The van der Waals surface area contributed by atoms with Crippen LogP contribution in [-0.2, 0) is 5.41 Å². The first-order chi connectivity index (χ1) is 22.6. The van der Waals surface area contributed by atoms with Crippen LogP contribution in [0.25, 0.3) is 82.6 Å². The molecule has 0 unspecified atom stereocenters. The van der Waals surface area contributed by atoms with Crippen LogP contribution in [0.15, 0.2) is 134 Å². The Balaban J connectivity index is 1.18. The lowest BCUT2D eigenvalue weighted by Crippen LogP contribution is -2.15. The number of rotatable bonds is 2. The summed E-state index contributed by atoms with van der Waals surface area (Å²) in [5, 5.41) is 10.1. The van der Waals surface area contributed by atoms with Gasteiger partial charge in [-0.1, -0.05) is 111 Å². The van der Waals surface area contributed by atoms with E-state index >= 15 is 0 Å². The van der Waals surface area contributed by atoms with Gasteiger partial charge in [0.15, 0.2) is 5.82 Å². The number of benzene rings is 7. The Morgan fingerprint density at radius 3 is 1.63 bits per heavy atom. The van der Waals surface area contributed by atoms with Gasteiger partial charge in [0.05, 0.1) is 11.0 Å². The Labute approximate surface area is 265 Å². The Morgan fingerprint density at radius 2 is 1.00 bits per heavy atom. The average molecular weight is 589 g/mol. The molecule has 216 valence electrons. The summed E-state index contributed by atoms with van der Waals surface area (Å²) in [6.45, 7) is 4.69. The lowest BCUT2D eigenvalue weighted by atomic mass is 9.81. The summed E-state index contributed by atoms with van der Waals surface area (Å²) >= 11 is 0. The molecule has 4 nitrogen and oxygen atoms in total. The van der Waals surface area contributed by atoms with Gasteiger partial charge in [0.1, 0.15) is 6.33 Å². The second-order valence-corrected chi connectivity index (χ2v) is 12.9. The van der Waals surface area contributed by atoms with Crippen molar-refractivity contribution >= 4 is 54.1 Å². The summed E-state index contributed by atoms with van der Waals surface area (Å²) in [6.07, 6.45) is 1.64. The quantitative estimate of drug-likeness (QED) is 0.189. The van der Waals surface area contributed by atoms with Gasteiger partial charge >= 0.3 is 0 Å². The number of hydrogen-bond donors (Lipinski definition) is 0. The van der Waals surface area contributed by atoms with E-state index in [1.54, 1.807) is 6.33 Å². The zero-order chi connectivity index (χ0) is 30.6. The summed E-state index contributed by atoms with van der Waals surface area (Å²) in [5.41, 5.74) is 8.21. The number of para-hydroxylation sites is 2. The van der Waals surface area contributed by atoms with E-state index in [1.807, 2.05) is 0 Å². The van der Waals surface area contributed by atoms with E-state index in [-0.39, 0.29) is 5.41 Å². The van der Waals surface area contributed by atoms with E-state index in [0.717, 1.165) is 16.6 Å². The first-order valence-electron chi connectivity index (χ1n) is 15.8. The summed E-state index contributed by atoms with van der Waals surface area (Å²) in [4.78, 5) is 14.4. The van der Waals surface area contributed by atoms with Crippen molar-refractivity contribution in [1.82, 2.24) is 19.5 Å². The van der Waals surface area contributed by atoms with Crippen molar-refractivity contribution in [2.24, 2.45) is 0 Å². The molecule has 1 aliphatic rings. The summed E-state index contributed by atoms with van der Waals surface area (Å²) in [7, 11) is 0. The van der Waals surface area contributed by atoms with Crippen molar-refractivity contribution < 1.29 is 0 Å². The molecule has 0 spiro atoms. The predicted octanol–water partition coefficient (Wildman–Crippen LogP) is 10.4.